The minimum absolute atomic E-state index is 0.250. The van der Waals surface area contributed by atoms with Gasteiger partial charge in [-0.25, -0.2) is 13.2 Å². The monoisotopic (exact) mass is 281 g/mol. The van der Waals surface area contributed by atoms with Crippen LogP contribution in [-0.2, 0) is 13.1 Å². The van der Waals surface area contributed by atoms with Gasteiger partial charge in [0.2, 0.25) is 0 Å². The zero-order valence-electron chi connectivity index (χ0n) is 10.9. The van der Waals surface area contributed by atoms with Crippen LogP contribution in [0, 0.1) is 17.5 Å². The number of benzene rings is 2. The normalized spacial score (nSPS) is 10.6. The van der Waals surface area contributed by atoms with E-state index in [9.17, 15) is 13.2 Å². The Hall–Kier alpha value is -2.01. The third-order valence-electron chi connectivity index (χ3n) is 2.86. The number of rotatable bonds is 5. The third-order valence-corrected chi connectivity index (χ3v) is 2.86. The number of nitrogens with one attached hydrogen (secondary N) is 1. The van der Waals surface area contributed by atoms with Crippen molar-refractivity contribution in [3.63, 3.8) is 0 Å². The molecule has 0 aliphatic heterocycles. The molecule has 106 valence electrons. The molecule has 0 unspecified atom stereocenters. The fourth-order valence-corrected chi connectivity index (χ4v) is 1.80. The van der Waals surface area contributed by atoms with Crippen LogP contribution in [0.25, 0.3) is 0 Å². The Morgan fingerprint density at radius 1 is 0.900 bits per heavy atom. The van der Waals surface area contributed by atoms with E-state index < -0.39 is 17.5 Å². The molecule has 0 aliphatic rings. The zero-order valence-corrected chi connectivity index (χ0v) is 10.9. The van der Waals surface area contributed by atoms with Crippen molar-refractivity contribution < 1.29 is 17.9 Å². The maximum absolute atomic E-state index is 13.0. The summed E-state index contributed by atoms with van der Waals surface area (Å²) in [4.78, 5) is 0. The average molecular weight is 281 g/mol. The van der Waals surface area contributed by atoms with Gasteiger partial charge in [-0.05, 0) is 35.4 Å². The highest BCUT2D eigenvalue weighted by Gasteiger charge is 2.10. The Kier molecular flexibility index (Phi) is 4.63. The van der Waals surface area contributed by atoms with Crippen molar-refractivity contribution in [2.45, 2.75) is 13.1 Å². The van der Waals surface area contributed by atoms with E-state index in [1.54, 1.807) is 7.11 Å². The summed E-state index contributed by atoms with van der Waals surface area (Å²) in [6.45, 7) is 0.782. The first-order chi connectivity index (χ1) is 9.60. The number of hydrogen-bond acceptors (Lipinski definition) is 2. The second-order valence-corrected chi connectivity index (χ2v) is 4.33. The molecule has 2 rings (SSSR count). The van der Waals surface area contributed by atoms with Crippen molar-refractivity contribution in [3.05, 3.63) is 65.0 Å². The Morgan fingerprint density at radius 2 is 1.45 bits per heavy atom. The van der Waals surface area contributed by atoms with Crippen LogP contribution in [0.1, 0.15) is 11.1 Å². The summed E-state index contributed by atoms with van der Waals surface area (Å²) < 4.78 is 43.9. The van der Waals surface area contributed by atoms with Crippen LogP contribution in [-0.4, -0.2) is 7.11 Å². The van der Waals surface area contributed by atoms with Crippen LogP contribution in [0.15, 0.2) is 36.4 Å². The Labute approximate surface area is 115 Å². The molecule has 0 spiro atoms. The van der Waals surface area contributed by atoms with E-state index >= 15 is 0 Å². The maximum atomic E-state index is 13.0. The Balaban J connectivity index is 1.92. The van der Waals surface area contributed by atoms with E-state index in [1.165, 1.54) is 0 Å². The van der Waals surface area contributed by atoms with Gasteiger partial charge in [0.15, 0.2) is 17.5 Å². The molecule has 5 heteroatoms. The van der Waals surface area contributed by atoms with Gasteiger partial charge in [0.25, 0.3) is 0 Å². The molecule has 0 amide bonds. The van der Waals surface area contributed by atoms with Gasteiger partial charge in [-0.3, -0.25) is 0 Å². The zero-order chi connectivity index (χ0) is 14.5. The molecule has 0 aromatic heterocycles. The highest BCUT2D eigenvalue weighted by atomic mass is 19.2. The second kappa shape index (κ2) is 6.43. The van der Waals surface area contributed by atoms with Crippen molar-refractivity contribution in [2.75, 3.05) is 7.11 Å². The molecule has 0 radical (unpaired) electrons. The van der Waals surface area contributed by atoms with E-state index in [1.807, 2.05) is 24.3 Å². The van der Waals surface area contributed by atoms with Gasteiger partial charge in [0.05, 0.1) is 7.11 Å². The summed E-state index contributed by atoms with van der Waals surface area (Å²) in [7, 11) is 1.59. The minimum Gasteiger partial charge on any atom is -0.497 e. The quantitative estimate of drug-likeness (QED) is 0.848. The maximum Gasteiger partial charge on any atom is 0.194 e. The Morgan fingerprint density at radius 3 is 2.00 bits per heavy atom. The lowest BCUT2D eigenvalue weighted by Crippen LogP contribution is -2.13. The molecule has 20 heavy (non-hydrogen) atoms. The van der Waals surface area contributed by atoms with Gasteiger partial charge in [-0.15, -0.1) is 0 Å². The van der Waals surface area contributed by atoms with Gasteiger partial charge < -0.3 is 10.1 Å². The standard InChI is InChI=1S/C15H14F3NO/c1-20-12-4-2-10(3-5-12)8-19-9-11-6-13(16)15(18)14(17)7-11/h2-7,19H,8-9H2,1H3. The lowest BCUT2D eigenvalue weighted by Gasteiger charge is -2.07. The molecule has 0 aliphatic carbocycles. The van der Waals surface area contributed by atoms with E-state index in [0.717, 1.165) is 23.4 Å². The van der Waals surface area contributed by atoms with Crippen molar-refractivity contribution in [1.82, 2.24) is 5.32 Å². The predicted octanol–water partition coefficient (Wildman–Crippen LogP) is 3.40. The average Bonchev–Trinajstić information content (AvgIpc) is 2.45. The summed E-state index contributed by atoms with van der Waals surface area (Å²) in [6, 6.07) is 9.40. The van der Waals surface area contributed by atoms with Crippen LogP contribution in [0.4, 0.5) is 13.2 Å². The molecule has 2 aromatic rings. The van der Waals surface area contributed by atoms with Gasteiger partial charge in [-0.1, -0.05) is 12.1 Å². The summed E-state index contributed by atoms with van der Waals surface area (Å²) in [5.74, 6) is -3.03. The smallest absolute Gasteiger partial charge is 0.194 e. The fraction of sp³-hybridized carbons (Fsp3) is 0.200. The molecule has 2 aromatic carbocycles. The fourth-order valence-electron chi connectivity index (χ4n) is 1.80. The van der Waals surface area contributed by atoms with Gasteiger partial charge >= 0.3 is 0 Å². The summed E-state index contributed by atoms with van der Waals surface area (Å²) in [5, 5.41) is 3.03. The molecule has 0 fully saturated rings. The number of methoxy groups -OCH3 is 1. The molecule has 0 saturated carbocycles. The topological polar surface area (TPSA) is 21.3 Å². The summed E-state index contributed by atoms with van der Waals surface area (Å²) in [5.41, 5.74) is 1.36. The van der Waals surface area contributed by atoms with Crippen LogP contribution >= 0.6 is 0 Å². The van der Waals surface area contributed by atoms with Crippen molar-refractivity contribution >= 4 is 0 Å². The van der Waals surface area contributed by atoms with E-state index in [0.29, 0.717) is 12.1 Å². The second-order valence-electron chi connectivity index (χ2n) is 4.33. The lowest BCUT2D eigenvalue weighted by molar-refractivity contribution is 0.414. The predicted molar refractivity (Wildman–Crippen MR) is 69.9 cm³/mol. The third kappa shape index (κ3) is 3.51. The first kappa shape index (κ1) is 14.4. The highest BCUT2D eigenvalue weighted by molar-refractivity contribution is 5.27. The molecule has 0 atom stereocenters. The number of ether oxygens (including phenoxy) is 1. The first-order valence-electron chi connectivity index (χ1n) is 6.07. The molecular formula is C15H14F3NO. The molecule has 0 saturated heterocycles. The minimum atomic E-state index is -1.44. The van der Waals surface area contributed by atoms with E-state index in [2.05, 4.69) is 5.32 Å². The first-order valence-corrected chi connectivity index (χ1v) is 6.07. The van der Waals surface area contributed by atoms with E-state index in [-0.39, 0.29) is 6.54 Å². The highest BCUT2D eigenvalue weighted by Crippen LogP contribution is 2.14. The SMILES string of the molecule is COc1ccc(CNCc2cc(F)c(F)c(F)c2)cc1. The summed E-state index contributed by atoms with van der Waals surface area (Å²) >= 11 is 0. The van der Waals surface area contributed by atoms with Crippen LogP contribution in [0.2, 0.25) is 0 Å². The molecule has 0 bridgehead atoms. The van der Waals surface area contributed by atoms with Gasteiger partial charge in [0, 0.05) is 13.1 Å². The van der Waals surface area contributed by atoms with Gasteiger partial charge in [-0.2, -0.15) is 0 Å². The summed E-state index contributed by atoms with van der Waals surface area (Å²) in [6.07, 6.45) is 0. The van der Waals surface area contributed by atoms with Crippen LogP contribution < -0.4 is 10.1 Å². The van der Waals surface area contributed by atoms with Crippen molar-refractivity contribution in [1.29, 1.82) is 0 Å². The number of halogens is 3. The van der Waals surface area contributed by atoms with Crippen LogP contribution in [0.5, 0.6) is 5.75 Å². The molecular weight excluding hydrogens is 267 g/mol. The van der Waals surface area contributed by atoms with Crippen molar-refractivity contribution in [2.24, 2.45) is 0 Å². The van der Waals surface area contributed by atoms with Crippen molar-refractivity contribution in [3.8, 4) is 5.75 Å². The largest absolute Gasteiger partial charge is 0.497 e. The molecule has 2 nitrogen and oxygen atoms in total. The number of hydrogen-bond donors (Lipinski definition) is 1. The van der Waals surface area contributed by atoms with Crippen LogP contribution in [0.3, 0.4) is 0 Å². The van der Waals surface area contributed by atoms with E-state index in [4.69, 9.17) is 4.74 Å². The lowest BCUT2D eigenvalue weighted by atomic mass is 10.2. The van der Waals surface area contributed by atoms with Gasteiger partial charge in [0.1, 0.15) is 5.75 Å². The Bertz CT molecular complexity index is 561. The molecule has 0 heterocycles. The molecule has 1 N–H and O–H groups in total.